The summed E-state index contributed by atoms with van der Waals surface area (Å²) in [6.45, 7) is 1.66. The molecule has 0 bridgehead atoms. The lowest BCUT2D eigenvalue weighted by Crippen LogP contribution is -2.29. The fourth-order valence-electron chi connectivity index (χ4n) is 3.74. The van der Waals surface area contributed by atoms with Gasteiger partial charge in [0.25, 0.3) is 5.91 Å². The number of amides is 1. The van der Waals surface area contributed by atoms with E-state index in [1.807, 2.05) is 0 Å². The van der Waals surface area contributed by atoms with Gasteiger partial charge in [-0.05, 0) is 30.7 Å². The molecule has 5 rings (SSSR count). The van der Waals surface area contributed by atoms with Gasteiger partial charge in [-0.15, -0.1) is 0 Å². The fraction of sp³-hybridized carbons (Fsp3) is 0.136. The van der Waals surface area contributed by atoms with Crippen molar-refractivity contribution in [3.05, 3.63) is 86.5 Å². The van der Waals surface area contributed by atoms with Crippen LogP contribution >= 0.6 is 11.3 Å². The molecule has 1 aliphatic rings. The third-order valence-electron chi connectivity index (χ3n) is 5.14. The summed E-state index contributed by atoms with van der Waals surface area (Å²) in [6, 6.07) is 9.52. The fourth-order valence-corrected chi connectivity index (χ4v) is 4.75. The SMILES string of the molecule is COC(=O)c1sc(N2C(=O)c3oc4ccccc4c(=O)c3[C@H]2c2cccnc2)nc1C. The number of para-hydroxylation sites is 1. The van der Waals surface area contributed by atoms with Crippen LogP contribution in [-0.4, -0.2) is 29.0 Å². The molecule has 0 spiro atoms. The number of pyridine rings is 1. The highest BCUT2D eigenvalue weighted by atomic mass is 32.1. The molecular weight excluding hydrogens is 418 g/mol. The Balaban J connectivity index is 1.78. The van der Waals surface area contributed by atoms with E-state index in [0.717, 1.165) is 11.3 Å². The summed E-state index contributed by atoms with van der Waals surface area (Å²) >= 11 is 1.03. The molecule has 8 nitrogen and oxygen atoms in total. The molecule has 31 heavy (non-hydrogen) atoms. The molecule has 3 aromatic heterocycles. The van der Waals surface area contributed by atoms with Gasteiger partial charge >= 0.3 is 5.97 Å². The Kier molecular flexibility index (Phi) is 4.40. The van der Waals surface area contributed by atoms with Crippen molar-refractivity contribution in [2.45, 2.75) is 13.0 Å². The highest BCUT2D eigenvalue weighted by Crippen LogP contribution is 2.42. The first-order chi connectivity index (χ1) is 15.0. The van der Waals surface area contributed by atoms with Gasteiger partial charge in [-0.3, -0.25) is 19.5 Å². The van der Waals surface area contributed by atoms with Crippen LogP contribution in [0.2, 0.25) is 0 Å². The summed E-state index contributed by atoms with van der Waals surface area (Å²) in [5.41, 5.74) is 1.33. The Morgan fingerprint density at radius 1 is 1.19 bits per heavy atom. The largest absolute Gasteiger partial charge is 0.465 e. The first kappa shape index (κ1) is 19.1. The van der Waals surface area contributed by atoms with Gasteiger partial charge in [0.2, 0.25) is 5.76 Å². The highest BCUT2D eigenvalue weighted by molar-refractivity contribution is 7.17. The number of esters is 1. The van der Waals surface area contributed by atoms with Crippen LogP contribution in [0.5, 0.6) is 0 Å². The number of carbonyl (C=O) groups is 2. The quantitative estimate of drug-likeness (QED) is 0.456. The number of anilines is 1. The molecule has 0 unspecified atom stereocenters. The zero-order chi connectivity index (χ0) is 21.7. The average Bonchev–Trinajstić information content (AvgIpc) is 3.31. The highest BCUT2D eigenvalue weighted by Gasteiger charge is 2.45. The van der Waals surface area contributed by atoms with Gasteiger partial charge in [-0.25, -0.2) is 9.78 Å². The van der Waals surface area contributed by atoms with Crippen LogP contribution in [-0.2, 0) is 4.74 Å². The number of methoxy groups -OCH3 is 1. The van der Waals surface area contributed by atoms with E-state index >= 15 is 0 Å². The topological polar surface area (TPSA) is 103 Å². The minimum absolute atomic E-state index is 0.0370. The second kappa shape index (κ2) is 7.13. The van der Waals surface area contributed by atoms with Crippen LogP contribution in [0.25, 0.3) is 11.0 Å². The van der Waals surface area contributed by atoms with Crippen LogP contribution < -0.4 is 10.3 Å². The lowest BCUT2D eigenvalue weighted by Gasteiger charge is -2.22. The van der Waals surface area contributed by atoms with Gasteiger partial charge in [0.05, 0.1) is 29.8 Å². The Bertz CT molecular complexity index is 1410. The molecule has 9 heteroatoms. The van der Waals surface area contributed by atoms with Gasteiger partial charge in [-0.1, -0.05) is 29.5 Å². The van der Waals surface area contributed by atoms with Gasteiger partial charge in [0, 0.05) is 12.4 Å². The van der Waals surface area contributed by atoms with Crippen molar-refractivity contribution in [3.8, 4) is 0 Å². The predicted octanol–water partition coefficient (Wildman–Crippen LogP) is 3.49. The molecule has 1 atom stereocenters. The molecule has 0 fully saturated rings. The second-order valence-corrected chi connectivity index (χ2v) is 7.91. The molecule has 0 saturated carbocycles. The zero-order valence-corrected chi connectivity index (χ0v) is 17.3. The molecule has 1 aliphatic heterocycles. The summed E-state index contributed by atoms with van der Waals surface area (Å²) in [7, 11) is 1.28. The van der Waals surface area contributed by atoms with E-state index < -0.39 is 17.9 Å². The summed E-state index contributed by atoms with van der Waals surface area (Å²) < 4.78 is 10.7. The van der Waals surface area contributed by atoms with Crippen molar-refractivity contribution >= 4 is 39.3 Å². The maximum atomic E-state index is 13.5. The number of aryl methyl sites for hydroxylation is 1. The minimum atomic E-state index is -0.784. The molecule has 0 saturated heterocycles. The summed E-state index contributed by atoms with van der Waals surface area (Å²) in [6.07, 6.45) is 3.20. The van der Waals surface area contributed by atoms with Gasteiger partial charge < -0.3 is 9.15 Å². The number of nitrogens with zero attached hydrogens (tertiary/aromatic N) is 3. The molecule has 0 N–H and O–H groups in total. The lowest BCUT2D eigenvalue weighted by atomic mass is 10.0. The average molecular weight is 433 g/mol. The third-order valence-corrected chi connectivity index (χ3v) is 6.28. The van der Waals surface area contributed by atoms with Crippen molar-refractivity contribution in [1.82, 2.24) is 9.97 Å². The number of aromatic nitrogens is 2. The van der Waals surface area contributed by atoms with Gasteiger partial charge in [0.1, 0.15) is 10.5 Å². The van der Waals surface area contributed by atoms with E-state index in [1.165, 1.54) is 12.0 Å². The standard InChI is InChI=1S/C22H15N3O5S/c1-11-19(21(28)29-2)31-22(24-11)25-16(12-6-5-9-23-10-12)15-17(26)13-7-3-4-8-14(13)30-18(15)20(25)27/h3-10,16H,1-2H3/t16-/m1/s1. The van der Waals surface area contributed by atoms with Crippen molar-refractivity contribution in [2.24, 2.45) is 0 Å². The minimum Gasteiger partial charge on any atom is -0.465 e. The molecule has 4 heterocycles. The summed E-state index contributed by atoms with van der Waals surface area (Å²) in [5.74, 6) is -1.08. The van der Waals surface area contributed by atoms with Crippen LogP contribution in [0.3, 0.4) is 0 Å². The third kappa shape index (κ3) is 2.85. The Hall–Kier alpha value is -3.85. The second-order valence-electron chi connectivity index (χ2n) is 6.94. The number of hydrogen-bond donors (Lipinski definition) is 0. The molecule has 1 aromatic carbocycles. The number of ether oxygens (including phenoxy) is 1. The van der Waals surface area contributed by atoms with Crippen molar-refractivity contribution in [3.63, 3.8) is 0 Å². The van der Waals surface area contributed by atoms with E-state index in [-0.39, 0.29) is 26.8 Å². The smallest absolute Gasteiger partial charge is 0.350 e. The molecule has 4 aromatic rings. The maximum absolute atomic E-state index is 13.5. The Labute approximate surface area is 179 Å². The molecule has 0 radical (unpaired) electrons. The number of thiazole rings is 1. The lowest BCUT2D eigenvalue weighted by molar-refractivity contribution is 0.0605. The van der Waals surface area contributed by atoms with E-state index in [2.05, 4.69) is 9.97 Å². The maximum Gasteiger partial charge on any atom is 0.350 e. The summed E-state index contributed by atoms with van der Waals surface area (Å²) in [5, 5.41) is 0.655. The van der Waals surface area contributed by atoms with Crippen molar-refractivity contribution in [2.75, 3.05) is 12.0 Å². The summed E-state index contributed by atoms with van der Waals surface area (Å²) in [4.78, 5) is 49.2. The number of fused-ring (bicyclic) bond motifs is 2. The van der Waals surface area contributed by atoms with Crippen LogP contribution in [0, 0.1) is 6.92 Å². The normalized spacial score (nSPS) is 15.4. The molecule has 0 aliphatic carbocycles. The molecule has 154 valence electrons. The first-order valence-corrected chi connectivity index (χ1v) is 10.2. The number of carbonyl (C=O) groups excluding carboxylic acids is 2. The number of hydrogen-bond acceptors (Lipinski definition) is 8. The molecule has 1 amide bonds. The van der Waals surface area contributed by atoms with Crippen LogP contribution in [0.1, 0.15) is 43.1 Å². The number of rotatable bonds is 3. The van der Waals surface area contributed by atoms with Crippen molar-refractivity contribution < 1.29 is 18.7 Å². The Morgan fingerprint density at radius 3 is 2.74 bits per heavy atom. The van der Waals surface area contributed by atoms with Crippen LogP contribution in [0.15, 0.2) is 58.0 Å². The van der Waals surface area contributed by atoms with E-state index in [4.69, 9.17) is 9.15 Å². The van der Waals surface area contributed by atoms with Gasteiger partial charge in [-0.2, -0.15) is 0 Å². The van der Waals surface area contributed by atoms with Gasteiger partial charge in [0.15, 0.2) is 10.6 Å². The van der Waals surface area contributed by atoms with Crippen molar-refractivity contribution in [1.29, 1.82) is 0 Å². The number of benzene rings is 1. The molecular formula is C22H15N3O5S. The predicted molar refractivity (Wildman–Crippen MR) is 114 cm³/mol. The first-order valence-electron chi connectivity index (χ1n) is 9.36. The van der Waals surface area contributed by atoms with E-state index in [1.54, 1.807) is 55.7 Å². The monoisotopic (exact) mass is 433 g/mol. The van der Waals surface area contributed by atoms with E-state index in [0.29, 0.717) is 22.2 Å². The Morgan fingerprint density at radius 2 is 2.00 bits per heavy atom. The van der Waals surface area contributed by atoms with E-state index in [9.17, 15) is 14.4 Å². The zero-order valence-electron chi connectivity index (χ0n) is 16.5. The van der Waals surface area contributed by atoms with Crippen LogP contribution in [0.4, 0.5) is 5.13 Å².